The molecular formula is C29H34O11. The number of aliphatic hydroxyl groups excluding tert-OH is 3. The van der Waals surface area contributed by atoms with Crippen LogP contribution in [0.5, 0.6) is 5.75 Å². The first-order valence-corrected chi connectivity index (χ1v) is 13.1. The third kappa shape index (κ3) is 7.04. The Bertz CT molecular complexity index is 1160. The van der Waals surface area contributed by atoms with Gasteiger partial charge in [0.2, 0.25) is 0 Å². The van der Waals surface area contributed by atoms with Gasteiger partial charge in [-0.15, -0.1) is 0 Å². The maximum Gasteiger partial charge on any atom is 0.334 e. The van der Waals surface area contributed by atoms with Crippen LogP contribution in [0.4, 0.5) is 0 Å². The number of rotatable bonds is 8. The lowest BCUT2D eigenvalue weighted by Crippen LogP contribution is -2.60. The Morgan fingerprint density at radius 2 is 1.90 bits per heavy atom. The van der Waals surface area contributed by atoms with Crippen molar-refractivity contribution >= 4 is 18.2 Å². The molecule has 7 atom stereocenters. The zero-order chi connectivity index (χ0) is 28.8. The van der Waals surface area contributed by atoms with Crippen molar-refractivity contribution in [3.8, 4) is 5.75 Å². The summed E-state index contributed by atoms with van der Waals surface area (Å²) in [5.74, 6) is -1.50. The van der Waals surface area contributed by atoms with Crippen molar-refractivity contribution in [2.24, 2.45) is 5.92 Å². The van der Waals surface area contributed by atoms with Crippen molar-refractivity contribution in [2.45, 2.75) is 68.9 Å². The van der Waals surface area contributed by atoms with E-state index in [2.05, 4.69) is 6.58 Å². The van der Waals surface area contributed by atoms with Crippen LogP contribution in [0.1, 0.15) is 31.2 Å². The van der Waals surface area contributed by atoms with Gasteiger partial charge >= 0.3 is 11.9 Å². The first-order valence-electron chi connectivity index (χ1n) is 13.1. The molecule has 2 saturated heterocycles. The lowest BCUT2D eigenvalue weighted by molar-refractivity contribution is -0.302. The number of phenolic OH excluding ortho intramolecular Hbond substituents is 1. The maximum absolute atomic E-state index is 12.7. The average molecular weight is 559 g/mol. The molecule has 216 valence electrons. The highest BCUT2D eigenvalue weighted by Crippen LogP contribution is 2.34. The number of ether oxygens (including phenoxy) is 4. The molecular weight excluding hydrogens is 524 g/mol. The molecule has 11 nitrogen and oxygen atoms in total. The van der Waals surface area contributed by atoms with Gasteiger partial charge in [-0.2, -0.15) is 0 Å². The van der Waals surface area contributed by atoms with Crippen molar-refractivity contribution in [3.05, 3.63) is 65.3 Å². The Labute approximate surface area is 231 Å². The summed E-state index contributed by atoms with van der Waals surface area (Å²) < 4.78 is 22.6. The van der Waals surface area contributed by atoms with Crippen molar-refractivity contribution in [1.29, 1.82) is 0 Å². The van der Waals surface area contributed by atoms with Crippen LogP contribution in [0, 0.1) is 5.92 Å². The van der Waals surface area contributed by atoms with Crippen molar-refractivity contribution in [1.82, 2.24) is 0 Å². The molecule has 0 spiro atoms. The van der Waals surface area contributed by atoms with E-state index in [4.69, 9.17) is 18.9 Å². The lowest BCUT2D eigenvalue weighted by atomic mass is 9.88. The third-order valence-corrected chi connectivity index (χ3v) is 7.33. The van der Waals surface area contributed by atoms with Gasteiger partial charge in [0.1, 0.15) is 36.5 Å². The van der Waals surface area contributed by atoms with E-state index in [1.54, 1.807) is 18.2 Å². The number of aldehydes is 1. The normalized spacial score (nSPS) is 33.5. The number of hydrogen-bond acceptors (Lipinski definition) is 11. The molecule has 40 heavy (non-hydrogen) atoms. The molecule has 1 aromatic carbocycles. The molecule has 2 aliphatic heterocycles. The Morgan fingerprint density at radius 1 is 1.15 bits per heavy atom. The molecule has 0 saturated carbocycles. The molecule has 2 heterocycles. The second-order valence-corrected chi connectivity index (χ2v) is 10.1. The van der Waals surface area contributed by atoms with E-state index in [0.717, 1.165) is 6.29 Å². The summed E-state index contributed by atoms with van der Waals surface area (Å²) >= 11 is 0. The van der Waals surface area contributed by atoms with E-state index in [1.807, 2.05) is 6.08 Å². The maximum atomic E-state index is 12.7. The quantitative estimate of drug-likeness (QED) is 0.156. The number of hydrogen-bond donors (Lipinski definition) is 4. The summed E-state index contributed by atoms with van der Waals surface area (Å²) in [6.45, 7) is 3.16. The summed E-state index contributed by atoms with van der Waals surface area (Å²) in [6.07, 6.45) is -1.47. The summed E-state index contributed by atoms with van der Waals surface area (Å²) in [5.41, 5.74) is 2.22. The van der Waals surface area contributed by atoms with Crippen LogP contribution >= 0.6 is 0 Å². The monoisotopic (exact) mass is 558 g/mol. The van der Waals surface area contributed by atoms with Gasteiger partial charge in [-0.1, -0.05) is 24.8 Å². The van der Waals surface area contributed by atoms with E-state index < -0.39 is 55.4 Å². The molecule has 0 radical (unpaired) electrons. The fraction of sp³-hybridized carbons (Fsp3) is 0.483. The summed E-state index contributed by atoms with van der Waals surface area (Å²) in [4.78, 5) is 36.4. The van der Waals surface area contributed by atoms with Crippen molar-refractivity contribution < 1.29 is 53.8 Å². The summed E-state index contributed by atoms with van der Waals surface area (Å²) in [7, 11) is 0. The smallest absolute Gasteiger partial charge is 0.334 e. The van der Waals surface area contributed by atoms with Crippen molar-refractivity contribution in [2.75, 3.05) is 13.2 Å². The molecule has 0 bridgehead atoms. The van der Waals surface area contributed by atoms with Crippen LogP contribution in [0.3, 0.4) is 0 Å². The van der Waals surface area contributed by atoms with Crippen LogP contribution in [-0.4, -0.2) is 88.7 Å². The number of fused-ring (bicyclic) bond motifs is 1. The van der Waals surface area contributed by atoms with E-state index >= 15 is 0 Å². The molecule has 0 amide bonds. The highest BCUT2D eigenvalue weighted by Gasteiger charge is 2.47. The SMILES string of the molecule is C=C1C(=O)O[C@@H]2/C=C(\CO[C@@H]3O[C@H](CO)[C@@H](O)[C@H](O)[C@H]3OC(=O)Cc3ccc(O)cc3)CC/C=C(/C=O)CC[C@@H]12. The number of aromatic hydroxyl groups is 1. The molecule has 4 rings (SSSR count). The summed E-state index contributed by atoms with van der Waals surface area (Å²) in [5, 5.41) is 40.2. The second-order valence-electron chi connectivity index (χ2n) is 10.1. The molecule has 4 N–H and O–H groups in total. The predicted molar refractivity (Wildman–Crippen MR) is 139 cm³/mol. The Morgan fingerprint density at radius 3 is 2.60 bits per heavy atom. The minimum absolute atomic E-state index is 0.0376. The lowest BCUT2D eigenvalue weighted by Gasteiger charge is -2.41. The Balaban J connectivity index is 1.50. The van der Waals surface area contributed by atoms with Gasteiger partial charge in [-0.05, 0) is 60.6 Å². The van der Waals surface area contributed by atoms with Crippen LogP contribution in [0.15, 0.2) is 59.7 Å². The zero-order valence-corrected chi connectivity index (χ0v) is 21.9. The van der Waals surface area contributed by atoms with Crippen molar-refractivity contribution in [3.63, 3.8) is 0 Å². The Hall–Kier alpha value is -3.35. The topological polar surface area (TPSA) is 169 Å². The van der Waals surface area contributed by atoms with Gasteiger partial charge in [-0.25, -0.2) is 4.79 Å². The number of esters is 2. The van der Waals surface area contributed by atoms with Crippen LogP contribution in [-0.2, 0) is 39.8 Å². The number of carbonyl (C=O) groups is 3. The molecule has 2 fully saturated rings. The highest BCUT2D eigenvalue weighted by molar-refractivity contribution is 5.91. The minimum atomic E-state index is -1.61. The van der Waals surface area contributed by atoms with E-state index in [1.165, 1.54) is 12.1 Å². The molecule has 0 aromatic heterocycles. The van der Waals surface area contributed by atoms with E-state index in [0.29, 0.717) is 48.0 Å². The number of allylic oxidation sites excluding steroid dienone is 2. The number of benzene rings is 1. The molecule has 1 aliphatic carbocycles. The highest BCUT2D eigenvalue weighted by atomic mass is 16.7. The van der Waals surface area contributed by atoms with Gasteiger partial charge in [0.15, 0.2) is 12.4 Å². The predicted octanol–water partition coefficient (Wildman–Crippen LogP) is 1.03. The largest absolute Gasteiger partial charge is 0.508 e. The second kappa shape index (κ2) is 13.3. The van der Waals surface area contributed by atoms with Crippen LogP contribution < -0.4 is 0 Å². The number of aliphatic hydroxyl groups is 3. The summed E-state index contributed by atoms with van der Waals surface area (Å²) in [6, 6.07) is 5.93. The standard InChI is InChI=1S/C29H34O11/c1-16-21-10-7-18(13-30)3-2-4-19(11-22(21)38-28(16)36)15-37-29-27(26(35)25(34)23(14-31)39-29)40-24(33)12-17-5-8-20(32)9-6-17/h3,5-6,8-9,11,13,21-23,25-27,29,31-32,34-35H,1-2,4,7,10,12,14-15H2/b18-3+,19-11-/t21-,22+,23+,25+,26-,27+,29+/m0/s1. The molecule has 3 aliphatic rings. The zero-order valence-electron chi connectivity index (χ0n) is 21.9. The average Bonchev–Trinajstić information content (AvgIpc) is 3.21. The molecule has 11 heteroatoms. The van der Waals surface area contributed by atoms with Gasteiger partial charge in [-0.3, -0.25) is 9.59 Å². The van der Waals surface area contributed by atoms with Gasteiger partial charge in [0, 0.05) is 11.5 Å². The van der Waals surface area contributed by atoms with E-state index in [9.17, 15) is 34.8 Å². The van der Waals surface area contributed by atoms with Crippen LogP contribution in [0.2, 0.25) is 0 Å². The minimum Gasteiger partial charge on any atom is -0.508 e. The fourth-order valence-corrected chi connectivity index (χ4v) is 5.01. The van der Waals surface area contributed by atoms with Gasteiger partial charge in [0.25, 0.3) is 0 Å². The molecule has 1 aromatic rings. The third-order valence-electron chi connectivity index (χ3n) is 7.33. The number of phenols is 1. The number of carbonyl (C=O) groups excluding carboxylic acids is 3. The molecule has 0 unspecified atom stereocenters. The van der Waals surface area contributed by atoms with Gasteiger partial charge in [0.05, 0.1) is 19.6 Å². The fourth-order valence-electron chi connectivity index (χ4n) is 5.01. The Kier molecular flexibility index (Phi) is 9.88. The first kappa shape index (κ1) is 29.6. The van der Waals surface area contributed by atoms with Gasteiger partial charge < -0.3 is 39.4 Å². The van der Waals surface area contributed by atoms with Crippen LogP contribution in [0.25, 0.3) is 0 Å². The van der Waals surface area contributed by atoms with E-state index in [-0.39, 0.29) is 24.7 Å². The first-order chi connectivity index (χ1) is 19.2.